The second-order valence-electron chi connectivity index (χ2n) is 9.67. The number of esters is 1. The van der Waals surface area contributed by atoms with Crippen molar-refractivity contribution in [2.75, 3.05) is 11.9 Å². The topological polar surface area (TPSA) is 55.4 Å². The largest absolute Gasteiger partial charge is 0.462 e. The van der Waals surface area contributed by atoms with E-state index in [0.29, 0.717) is 34.6 Å². The molecule has 0 saturated heterocycles. The molecule has 1 aromatic carbocycles. The molecule has 5 rings (SSSR count). The van der Waals surface area contributed by atoms with Crippen LogP contribution in [0.3, 0.4) is 0 Å². The molecule has 1 N–H and O–H groups in total. The predicted octanol–water partition coefficient (Wildman–Crippen LogP) is 4.80. The third kappa shape index (κ3) is 2.93. The van der Waals surface area contributed by atoms with E-state index in [1.807, 2.05) is 6.07 Å². The zero-order valence-corrected chi connectivity index (χ0v) is 16.1. The lowest BCUT2D eigenvalue weighted by atomic mass is 9.40. The first kappa shape index (κ1) is 17.6. The van der Waals surface area contributed by atoms with Crippen molar-refractivity contribution in [1.82, 2.24) is 0 Å². The summed E-state index contributed by atoms with van der Waals surface area (Å²) in [5.74, 6) is 0.469. The van der Waals surface area contributed by atoms with E-state index in [9.17, 15) is 9.59 Å². The van der Waals surface area contributed by atoms with Gasteiger partial charge in [0.25, 0.3) is 0 Å². The summed E-state index contributed by atoms with van der Waals surface area (Å²) in [6, 6.07) is 7.09. The Labute approximate surface area is 155 Å². The van der Waals surface area contributed by atoms with Crippen molar-refractivity contribution in [3.63, 3.8) is 0 Å². The summed E-state index contributed by atoms with van der Waals surface area (Å²) in [7, 11) is 0. The van der Waals surface area contributed by atoms with Crippen LogP contribution >= 0.6 is 0 Å². The summed E-state index contributed by atoms with van der Waals surface area (Å²) in [5.41, 5.74) is 1.53. The van der Waals surface area contributed by atoms with Crippen molar-refractivity contribution in [1.29, 1.82) is 0 Å². The molecule has 4 bridgehead atoms. The number of hydrogen-bond acceptors (Lipinski definition) is 3. The first-order valence-corrected chi connectivity index (χ1v) is 9.84. The molecule has 0 spiro atoms. The minimum absolute atomic E-state index is 0.139. The monoisotopic (exact) mass is 355 g/mol. The standard InChI is InChI=1S/C22H29NO3/c1-4-26-18(24)16-6-5-7-17(8-16)23-19(25)22-11-15-9-20(2,13-22)12-21(3,10-15)14-22/h5-8,15H,4,9-14H2,1-3H3,(H,23,25). The van der Waals surface area contributed by atoms with Gasteiger partial charge in [-0.25, -0.2) is 4.79 Å². The minimum Gasteiger partial charge on any atom is -0.462 e. The molecule has 1 amide bonds. The summed E-state index contributed by atoms with van der Waals surface area (Å²) < 4.78 is 5.06. The summed E-state index contributed by atoms with van der Waals surface area (Å²) in [6.07, 6.45) is 6.81. The molecule has 4 aliphatic rings. The molecule has 2 atom stereocenters. The van der Waals surface area contributed by atoms with E-state index in [4.69, 9.17) is 4.74 Å². The van der Waals surface area contributed by atoms with Gasteiger partial charge in [-0.1, -0.05) is 19.9 Å². The van der Waals surface area contributed by atoms with Gasteiger partial charge in [0.15, 0.2) is 0 Å². The van der Waals surface area contributed by atoms with Crippen molar-refractivity contribution in [3.05, 3.63) is 29.8 Å². The van der Waals surface area contributed by atoms with Crippen LogP contribution in [0.2, 0.25) is 0 Å². The van der Waals surface area contributed by atoms with Gasteiger partial charge in [-0.15, -0.1) is 0 Å². The first-order valence-electron chi connectivity index (χ1n) is 9.84. The SMILES string of the molecule is CCOC(=O)c1cccc(NC(=O)C23CC4CC(C)(CC(C)(C4)C2)C3)c1. The predicted molar refractivity (Wildman–Crippen MR) is 101 cm³/mol. The molecule has 140 valence electrons. The molecule has 0 radical (unpaired) electrons. The van der Waals surface area contributed by atoms with E-state index in [0.717, 1.165) is 19.3 Å². The van der Waals surface area contributed by atoms with E-state index in [1.54, 1.807) is 25.1 Å². The zero-order chi connectivity index (χ0) is 18.6. The van der Waals surface area contributed by atoms with Crippen molar-refractivity contribution < 1.29 is 14.3 Å². The molecule has 4 heteroatoms. The lowest BCUT2D eigenvalue weighted by Crippen LogP contribution is -2.58. The van der Waals surface area contributed by atoms with E-state index >= 15 is 0 Å². The zero-order valence-electron chi connectivity index (χ0n) is 16.1. The summed E-state index contributed by atoms with van der Waals surface area (Å²) in [4.78, 5) is 25.3. The maximum Gasteiger partial charge on any atom is 0.338 e. The molecular weight excluding hydrogens is 326 g/mol. The van der Waals surface area contributed by atoms with E-state index in [2.05, 4.69) is 19.2 Å². The maximum absolute atomic E-state index is 13.3. The number of carbonyl (C=O) groups is 2. The molecule has 4 nitrogen and oxygen atoms in total. The van der Waals surface area contributed by atoms with Crippen LogP contribution in [0.4, 0.5) is 5.69 Å². The Morgan fingerprint density at radius 3 is 2.42 bits per heavy atom. The number of anilines is 1. The fourth-order valence-electron chi connectivity index (χ4n) is 6.90. The molecular formula is C22H29NO3. The highest BCUT2D eigenvalue weighted by Crippen LogP contribution is 2.69. The fourth-order valence-corrected chi connectivity index (χ4v) is 6.90. The highest BCUT2D eigenvalue weighted by Gasteiger charge is 2.62. The number of hydrogen-bond donors (Lipinski definition) is 1. The van der Waals surface area contributed by atoms with Crippen molar-refractivity contribution in [2.45, 2.75) is 59.3 Å². The number of rotatable bonds is 4. The van der Waals surface area contributed by atoms with E-state index in [1.165, 1.54) is 19.3 Å². The van der Waals surface area contributed by atoms with Crippen LogP contribution < -0.4 is 5.32 Å². The number of nitrogens with one attached hydrogen (secondary N) is 1. The van der Waals surface area contributed by atoms with Gasteiger partial charge in [-0.2, -0.15) is 0 Å². The van der Waals surface area contributed by atoms with Crippen molar-refractivity contribution in [3.8, 4) is 0 Å². The van der Waals surface area contributed by atoms with Crippen molar-refractivity contribution >= 4 is 17.6 Å². The highest BCUT2D eigenvalue weighted by molar-refractivity contribution is 5.97. The second kappa shape index (κ2) is 5.83. The van der Waals surface area contributed by atoms with E-state index < -0.39 is 0 Å². The Hall–Kier alpha value is -1.84. The van der Waals surface area contributed by atoms with Gasteiger partial charge < -0.3 is 10.1 Å². The molecule has 4 aliphatic carbocycles. The van der Waals surface area contributed by atoms with Crippen LogP contribution in [-0.2, 0) is 9.53 Å². The van der Waals surface area contributed by atoms with Crippen LogP contribution in [0.1, 0.15) is 69.7 Å². The summed E-state index contributed by atoms with van der Waals surface area (Å²) in [5, 5.41) is 3.12. The Bertz CT molecular complexity index is 738. The minimum atomic E-state index is -0.349. The van der Waals surface area contributed by atoms with Crippen molar-refractivity contribution in [2.24, 2.45) is 22.2 Å². The lowest BCUT2D eigenvalue weighted by molar-refractivity contribution is -0.165. The molecule has 4 saturated carbocycles. The van der Waals surface area contributed by atoms with Gasteiger partial charge in [-0.3, -0.25) is 4.79 Å². The average molecular weight is 355 g/mol. The molecule has 4 fully saturated rings. The van der Waals surface area contributed by atoms with Crippen LogP contribution in [0.25, 0.3) is 0 Å². The van der Waals surface area contributed by atoms with Gasteiger partial charge in [0.2, 0.25) is 5.91 Å². The quantitative estimate of drug-likeness (QED) is 0.790. The number of ether oxygens (including phenoxy) is 1. The summed E-state index contributed by atoms with van der Waals surface area (Å²) >= 11 is 0. The van der Waals surface area contributed by atoms with Crippen LogP contribution in [0.5, 0.6) is 0 Å². The van der Waals surface area contributed by atoms with Gasteiger partial charge in [0.05, 0.1) is 17.6 Å². The Balaban J connectivity index is 1.56. The third-order valence-corrected chi connectivity index (χ3v) is 6.74. The van der Waals surface area contributed by atoms with Gasteiger partial charge >= 0.3 is 5.97 Å². The second-order valence-corrected chi connectivity index (χ2v) is 9.67. The van der Waals surface area contributed by atoms with E-state index in [-0.39, 0.29) is 17.3 Å². The summed E-state index contributed by atoms with van der Waals surface area (Å²) in [6.45, 7) is 6.88. The molecule has 2 unspecified atom stereocenters. The average Bonchev–Trinajstić information content (AvgIpc) is 2.52. The maximum atomic E-state index is 13.3. The van der Waals surface area contributed by atoms with Gasteiger partial charge in [0, 0.05) is 5.69 Å². The fraction of sp³-hybridized carbons (Fsp3) is 0.636. The molecule has 26 heavy (non-hydrogen) atoms. The number of carbonyl (C=O) groups excluding carboxylic acids is 2. The van der Waals surface area contributed by atoms with Crippen LogP contribution in [0.15, 0.2) is 24.3 Å². The number of benzene rings is 1. The van der Waals surface area contributed by atoms with Crippen LogP contribution in [0, 0.1) is 22.2 Å². The third-order valence-electron chi connectivity index (χ3n) is 6.74. The Morgan fingerprint density at radius 2 is 1.81 bits per heavy atom. The Kier molecular flexibility index (Phi) is 3.94. The molecule has 0 aliphatic heterocycles. The van der Waals surface area contributed by atoms with Crippen LogP contribution in [-0.4, -0.2) is 18.5 Å². The molecule has 0 heterocycles. The Morgan fingerprint density at radius 1 is 1.12 bits per heavy atom. The highest BCUT2D eigenvalue weighted by atomic mass is 16.5. The number of amides is 1. The normalized spacial score (nSPS) is 37.4. The van der Waals surface area contributed by atoms with Gasteiger partial charge in [0.1, 0.15) is 0 Å². The van der Waals surface area contributed by atoms with Gasteiger partial charge in [-0.05, 0) is 80.4 Å². The molecule has 1 aromatic rings. The smallest absolute Gasteiger partial charge is 0.338 e. The first-order chi connectivity index (χ1) is 12.2. The molecule has 0 aromatic heterocycles. The lowest BCUT2D eigenvalue weighted by Gasteiger charge is -2.64.